The summed E-state index contributed by atoms with van der Waals surface area (Å²) in [6.45, 7) is 6.46. The number of likely N-dealkylation sites (N-methyl/N-ethyl adjacent to an activating group) is 1. The van der Waals surface area contributed by atoms with Gasteiger partial charge in [0.1, 0.15) is 0 Å². The number of rotatable bonds is 4. The van der Waals surface area contributed by atoms with Gasteiger partial charge in [0.05, 0.1) is 0 Å². The van der Waals surface area contributed by atoms with E-state index >= 15 is 0 Å². The maximum atomic E-state index is 11.7. The molecule has 0 aromatic heterocycles. The van der Waals surface area contributed by atoms with E-state index in [-0.39, 0.29) is 23.8 Å². The first kappa shape index (κ1) is 12.2. The minimum atomic E-state index is -0.137. The Morgan fingerprint density at radius 3 is 2.40 bits per heavy atom. The van der Waals surface area contributed by atoms with Crippen LogP contribution in [0, 0.1) is 11.8 Å². The molecule has 0 saturated carbocycles. The summed E-state index contributed by atoms with van der Waals surface area (Å²) in [5, 5.41) is 3.14. The minimum Gasteiger partial charge on any atom is -0.315 e. The molecule has 1 N–H and O–H groups in total. The van der Waals surface area contributed by atoms with Crippen LogP contribution in [0.25, 0.3) is 0 Å². The van der Waals surface area contributed by atoms with Gasteiger partial charge in [-0.15, -0.1) is 0 Å². The number of hydrogen-bond acceptors (Lipinski definition) is 3. The maximum absolute atomic E-state index is 11.7. The highest BCUT2D eigenvalue weighted by atomic mass is 16.2. The molecule has 0 aliphatic carbocycles. The van der Waals surface area contributed by atoms with Gasteiger partial charge in [-0.25, -0.2) is 0 Å². The van der Waals surface area contributed by atoms with Crippen molar-refractivity contribution in [2.75, 3.05) is 13.6 Å². The van der Waals surface area contributed by atoms with Gasteiger partial charge in [-0.3, -0.25) is 14.5 Å². The standard InChI is InChI=1S/C11H20N2O2/c1-7(2)9(12-4)6-13-10(14)5-8(3)11(13)15/h7-9,12H,5-6H2,1-4H3. The van der Waals surface area contributed by atoms with Crippen molar-refractivity contribution in [3.05, 3.63) is 0 Å². The highest BCUT2D eigenvalue weighted by Gasteiger charge is 2.36. The molecule has 1 aliphatic heterocycles. The molecule has 4 nitrogen and oxygen atoms in total. The number of carbonyl (C=O) groups is 2. The average Bonchev–Trinajstić information content (AvgIpc) is 2.39. The Hall–Kier alpha value is -0.900. The summed E-state index contributed by atoms with van der Waals surface area (Å²) < 4.78 is 0. The van der Waals surface area contributed by atoms with Crippen molar-refractivity contribution in [3.63, 3.8) is 0 Å². The smallest absolute Gasteiger partial charge is 0.232 e. The Morgan fingerprint density at radius 2 is 2.07 bits per heavy atom. The topological polar surface area (TPSA) is 49.4 Å². The molecule has 0 aromatic carbocycles. The molecule has 86 valence electrons. The number of imide groups is 1. The lowest BCUT2D eigenvalue weighted by atomic mass is 10.0. The number of hydrogen-bond donors (Lipinski definition) is 1. The van der Waals surface area contributed by atoms with E-state index in [0.29, 0.717) is 18.9 Å². The van der Waals surface area contributed by atoms with Crippen molar-refractivity contribution in [1.29, 1.82) is 0 Å². The van der Waals surface area contributed by atoms with Crippen molar-refractivity contribution >= 4 is 11.8 Å². The van der Waals surface area contributed by atoms with E-state index in [1.165, 1.54) is 4.90 Å². The first-order chi connectivity index (χ1) is 6.97. The minimum absolute atomic E-state index is 0.0269. The third-order valence-electron chi connectivity index (χ3n) is 3.02. The van der Waals surface area contributed by atoms with Gasteiger partial charge in [0.2, 0.25) is 11.8 Å². The molecular weight excluding hydrogens is 192 g/mol. The van der Waals surface area contributed by atoms with E-state index in [1.54, 1.807) is 0 Å². The molecule has 2 unspecified atom stereocenters. The van der Waals surface area contributed by atoms with Crippen LogP contribution in [0.4, 0.5) is 0 Å². The predicted molar refractivity (Wildman–Crippen MR) is 58.2 cm³/mol. The zero-order valence-electron chi connectivity index (χ0n) is 9.91. The summed E-state index contributed by atoms with van der Waals surface area (Å²) in [7, 11) is 1.86. The Labute approximate surface area is 91.0 Å². The van der Waals surface area contributed by atoms with Crippen LogP contribution in [-0.4, -0.2) is 36.3 Å². The summed E-state index contributed by atoms with van der Waals surface area (Å²) in [6.07, 6.45) is 0.368. The second-order valence-corrected chi connectivity index (χ2v) is 4.59. The Kier molecular flexibility index (Phi) is 3.85. The van der Waals surface area contributed by atoms with Gasteiger partial charge in [-0.05, 0) is 13.0 Å². The van der Waals surface area contributed by atoms with Crippen LogP contribution in [0.5, 0.6) is 0 Å². The van der Waals surface area contributed by atoms with Crippen LogP contribution in [-0.2, 0) is 9.59 Å². The van der Waals surface area contributed by atoms with Crippen LogP contribution in [0.15, 0.2) is 0 Å². The third-order valence-corrected chi connectivity index (χ3v) is 3.02. The van der Waals surface area contributed by atoms with Crippen molar-refractivity contribution in [2.24, 2.45) is 11.8 Å². The van der Waals surface area contributed by atoms with E-state index in [4.69, 9.17) is 0 Å². The molecule has 1 fully saturated rings. The average molecular weight is 212 g/mol. The second-order valence-electron chi connectivity index (χ2n) is 4.59. The van der Waals surface area contributed by atoms with E-state index in [0.717, 1.165) is 0 Å². The molecule has 0 aromatic rings. The zero-order valence-corrected chi connectivity index (χ0v) is 9.91. The van der Waals surface area contributed by atoms with E-state index < -0.39 is 0 Å². The van der Waals surface area contributed by atoms with E-state index in [9.17, 15) is 9.59 Å². The fourth-order valence-corrected chi connectivity index (χ4v) is 1.87. The first-order valence-corrected chi connectivity index (χ1v) is 5.48. The second kappa shape index (κ2) is 4.75. The highest BCUT2D eigenvalue weighted by molar-refractivity contribution is 6.03. The molecule has 1 rings (SSSR count). The normalized spacial score (nSPS) is 24.1. The molecular formula is C11H20N2O2. The van der Waals surface area contributed by atoms with Gasteiger partial charge in [0.25, 0.3) is 0 Å². The summed E-state index contributed by atoms with van der Waals surface area (Å²) >= 11 is 0. The molecule has 2 atom stereocenters. The Bertz CT molecular complexity index is 263. The van der Waals surface area contributed by atoms with E-state index in [2.05, 4.69) is 19.2 Å². The highest BCUT2D eigenvalue weighted by Crippen LogP contribution is 2.19. The maximum Gasteiger partial charge on any atom is 0.232 e. The van der Waals surface area contributed by atoms with E-state index in [1.807, 2.05) is 14.0 Å². The van der Waals surface area contributed by atoms with Gasteiger partial charge in [-0.2, -0.15) is 0 Å². The van der Waals surface area contributed by atoms with Crippen molar-refractivity contribution in [1.82, 2.24) is 10.2 Å². The van der Waals surface area contributed by atoms with Crippen molar-refractivity contribution in [2.45, 2.75) is 33.2 Å². The molecule has 2 amide bonds. The monoisotopic (exact) mass is 212 g/mol. The quantitative estimate of drug-likeness (QED) is 0.695. The number of carbonyl (C=O) groups excluding carboxylic acids is 2. The Balaban J connectivity index is 2.64. The molecule has 1 heterocycles. The number of likely N-dealkylation sites (tertiary alicyclic amines) is 1. The predicted octanol–water partition coefficient (Wildman–Crippen LogP) is 0.625. The largest absolute Gasteiger partial charge is 0.315 e. The van der Waals surface area contributed by atoms with Crippen molar-refractivity contribution in [3.8, 4) is 0 Å². The van der Waals surface area contributed by atoms with Crippen LogP contribution in [0.2, 0.25) is 0 Å². The van der Waals surface area contributed by atoms with Gasteiger partial charge < -0.3 is 5.32 Å². The van der Waals surface area contributed by atoms with Gasteiger partial charge >= 0.3 is 0 Å². The fourth-order valence-electron chi connectivity index (χ4n) is 1.87. The molecule has 0 spiro atoms. The van der Waals surface area contributed by atoms with Crippen LogP contribution in [0.3, 0.4) is 0 Å². The molecule has 4 heteroatoms. The number of amides is 2. The van der Waals surface area contributed by atoms with Gasteiger partial charge in [0.15, 0.2) is 0 Å². The third kappa shape index (κ3) is 2.56. The molecule has 0 bridgehead atoms. The number of nitrogens with one attached hydrogen (secondary N) is 1. The van der Waals surface area contributed by atoms with Gasteiger partial charge in [-0.1, -0.05) is 20.8 Å². The SMILES string of the molecule is CNC(CN1C(=O)CC(C)C1=O)C(C)C. The lowest BCUT2D eigenvalue weighted by molar-refractivity contribution is -0.139. The summed E-state index contributed by atoms with van der Waals surface area (Å²) in [4.78, 5) is 24.6. The molecule has 15 heavy (non-hydrogen) atoms. The lowest BCUT2D eigenvalue weighted by Crippen LogP contribution is -2.45. The Morgan fingerprint density at radius 1 is 1.47 bits per heavy atom. The summed E-state index contributed by atoms with van der Waals surface area (Å²) in [6, 6.07) is 0.184. The van der Waals surface area contributed by atoms with Crippen LogP contribution >= 0.6 is 0 Å². The van der Waals surface area contributed by atoms with Gasteiger partial charge in [0, 0.05) is 24.9 Å². The molecule has 0 radical (unpaired) electrons. The first-order valence-electron chi connectivity index (χ1n) is 5.48. The molecule has 1 saturated heterocycles. The van der Waals surface area contributed by atoms with Crippen LogP contribution in [0.1, 0.15) is 27.2 Å². The fraction of sp³-hybridized carbons (Fsp3) is 0.818. The summed E-state index contributed by atoms with van der Waals surface area (Å²) in [5.74, 6) is 0.211. The lowest BCUT2D eigenvalue weighted by Gasteiger charge is -2.25. The zero-order chi connectivity index (χ0) is 11.6. The van der Waals surface area contributed by atoms with Crippen molar-refractivity contribution < 1.29 is 9.59 Å². The molecule has 1 aliphatic rings. The summed E-state index contributed by atoms with van der Waals surface area (Å²) in [5.41, 5.74) is 0. The van der Waals surface area contributed by atoms with Crippen LogP contribution < -0.4 is 5.32 Å². The number of nitrogens with zero attached hydrogens (tertiary/aromatic N) is 1.